The molecule has 0 aliphatic carbocycles. The molecule has 0 amide bonds. The van der Waals surface area contributed by atoms with Crippen LogP contribution in [0.1, 0.15) is 17.4 Å². The first-order valence-corrected chi connectivity index (χ1v) is 7.09. The number of nitrogens with one attached hydrogen (secondary N) is 1. The van der Waals surface area contributed by atoms with Crippen LogP contribution in [0, 0.1) is 0 Å². The fourth-order valence-electron chi connectivity index (χ4n) is 2.51. The van der Waals surface area contributed by atoms with Gasteiger partial charge in [0.15, 0.2) is 5.22 Å². The number of ether oxygens (including phenoxy) is 1. The molecule has 0 bridgehead atoms. The van der Waals surface area contributed by atoms with Crippen LogP contribution in [0.4, 0.5) is 0 Å². The Morgan fingerprint density at radius 1 is 1.05 bits per heavy atom. The lowest BCUT2D eigenvalue weighted by atomic mass is 10.0. The predicted octanol–water partition coefficient (Wildman–Crippen LogP) is 4.40. The van der Waals surface area contributed by atoms with Gasteiger partial charge in [-0.25, -0.2) is 0 Å². The summed E-state index contributed by atoms with van der Waals surface area (Å²) in [5, 5.41) is 5.96. The fraction of sp³-hybridized carbons (Fsp3) is 0.176. The van der Waals surface area contributed by atoms with Crippen molar-refractivity contribution in [3.63, 3.8) is 0 Å². The Labute approximate surface area is 128 Å². The number of rotatable bonds is 4. The van der Waals surface area contributed by atoms with Gasteiger partial charge in [-0.3, -0.25) is 0 Å². The summed E-state index contributed by atoms with van der Waals surface area (Å²) < 4.78 is 10.8. The van der Waals surface area contributed by atoms with Crippen LogP contribution in [-0.4, -0.2) is 14.2 Å². The molecule has 0 radical (unpaired) electrons. The van der Waals surface area contributed by atoms with Crippen molar-refractivity contribution in [2.24, 2.45) is 0 Å². The molecule has 0 aliphatic heterocycles. The third-order valence-corrected chi connectivity index (χ3v) is 3.78. The Morgan fingerprint density at radius 3 is 2.48 bits per heavy atom. The largest absolute Gasteiger partial charge is 0.497 e. The Hall–Kier alpha value is -1.97. The Bertz CT molecular complexity index is 766. The van der Waals surface area contributed by atoms with Gasteiger partial charge in [0, 0.05) is 0 Å². The van der Waals surface area contributed by atoms with E-state index in [2.05, 4.69) is 29.6 Å². The monoisotopic (exact) mass is 301 g/mol. The maximum absolute atomic E-state index is 5.87. The molecule has 0 saturated carbocycles. The average molecular weight is 302 g/mol. The normalized spacial score (nSPS) is 12.5. The van der Waals surface area contributed by atoms with Gasteiger partial charge < -0.3 is 14.5 Å². The molecular weight excluding hydrogens is 286 g/mol. The summed E-state index contributed by atoms with van der Waals surface area (Å²) in [6, 6.07) is 16.0. The third kappa shape index (κ3) is 2.75. The van der Waals surface area contributed by atoms with Crippen molar-refractivity contribution >= 4 is 22.4 Å². The summed E-state index contributed by atoms with van der Waals surface area (Å²) in [6.45, 7) is 0. The van der Waals surface area contributed by atoms with Crippen molar-refractivity contribution in [1.82, 2.24) is 5.32 Å². The second-order valence-electron chi connectivity index (χ2n) is 4.84. The molecule has 3 nitrogen and oxygen atoms in total. The lowest BCUT2D eigenvalue weighted by Crippen LogP contribution is -2.16. The molecule has 0 saturated heterocycles. The van der Waals surface area contributed by atoms with Crippen molar-refractivity contribution in [2.45, 2.75) is 6.04 Å². The van der Waals surface area contributed by atoms with E-state index in [0.717, 1.165) is 27.8 Å². The molecule has 1 unspecified atom stereocenters. The van der Waals surface area contributed by atoms with Crippen molar-refractivity contribution in [2.75, 3.05) is 14.2 Å². The van der Waals surface area contributed by atoms with Crippen LogP contribution >= 0.6 is 11.6 Å². The van der Waals surface area contributed by atoms with E-state index >= 15 is 0 Å². The summed E-state index contributed by atoms with van der Waals surface area (Å²) >= 11 is 5.87. The van der Waals surface area contributed by atoms with Crippen LogP contribution in [0.5, 0.6) is 5.75 Å². The van der Waals surface area contributed by atoms with Crippen molar-refractivity contribution in [1.29, 1.82) is 0 Å². The van der Waals surface area contributed by atoms with Crippen LogP contribution < -0.4 is 10.1 Å². The number of hydrogen-bond donors (Lipinski definition) is 1. The Morgan fingerprint density at radius 2 is 1.81 bits per heavy atom. The molecule has 3 rings (SSSR count). The molecule has 108 valence electrons. The van der Waals surface area contributed by atoms with E-state index in [1.54, 1.807) is 13.2 Å². The lowest BCUT2D eigenvalue weighted by Gasteiger charge is -2.15. The van der Waals surface area contributed by atoms with E-state index in [1.165, 1.54) is 0 Å². The van der Waals surface area contributed by atoms with Gasteiger partial charge in [0.25, 0.3) is 0 Å². The van der Waals surface area contributed by atoms with Gasteiger partial charge in [-0.2, -0.15) is 0 Å². The molecule has 1 atom stereocenters. The molecule has 1 N–H and O–H groups in total. The quantitative estimate of drug-likeness (QED) is 0.775. The predicted molar refractivity (Wildman–Crippen MR) is 85.1 cm³/mol. The SMILES string of the molecule is CNC(c1ccc2cc(OC)ccc2c1)c1ccc(Cl)o1. The number of fused-ring (bicyclic) bond motifs is 1. The minimum absolute atomic E-state index is 0.0241. The lowest BCUT2D eigenvalue weighted by molar-refractivity contribution is 0.415. The second kappa shape index (κ2) is 5.80. The molecule has 0 fully saturated rings. The van der Waals surface area contributed by atoms with E-state index in [1.807, 2.05) is 25.2 Å². The Kier molecular flexibility index (Phi) is 3.86. The maximum atomic E-state index is 5.87. The molecular formula is C17H16ClNO2. The first kappa shape index (κ1) is 14.0. The van der Waals surface area contributed by atoms with Gasteiger partial charge in [-0.15, -0.1) is 0 Å². The van der Waals surface area contributed by atoms with Gasteiger partial charge >= 0.3 is 0 Å². The van der Waals surface area contributed by atoms with Crippen LogP contribution in [0.15, 0.2) is 52.9 Å². The van der Waals surface area contributed by atoms with Gasteiger partial charge in [0.05, 0.1) is 13.2 Å². The number of furan rings is 1. The molecule has 1 heterocycles. The average Bonchev–Trinajstić information content (AvgIpc) is 2.93. The van der Waals surface area contributed by atoms with Gasteiger partial charge in [0.1, 0.15) is 11.5 Å². The minimum Gasteiger partial charge on any atom is -0.497 e. The van der Waals surface area contributed by atoms with Crippen molar-refractivity contribution < 1.29 is 9.15 Å². The summed E-state index contributed by atoms with van der Waals surface area (Å²) in [5.41, 5.74) is 1.13. The third-order valence-electron chi connectivity index (χ3n) is 3.57. The molecule has 0 aliphatic rings. The van der Waals surface area contributed by atoms with E-state index in [0.29, 0.717) is 5.22 Å². The zero-order valence-corrected chi connectivity index (χ0v) is 12.6. The zero-order valence-electron chi connectivity index (χ0n) is 11.9. The number of methoxy groups -OCH3 is 1. The fourth-order valence-corrected chi connectivity index (χ4v) is 2.66. The van der Waals surface area contributed by atoms with E-state index in [4.69, 9.17) is 20.8 Å². The highest BCUT2D eigenvalue weighted by atomic mass is 35.5. The summed E-state index contributed by atoms with van der Waals surface area (Å²) in [7, 11) is 3.58. The van der Waals surface area contributed by atoms with Crippen molar-refractivity contribution in [3.05, 3.63) is 65.1 Å². The first-order valence-electron chi connectivity index (χ1n) is 6.71. The summed E-state index contributed by atoms with van der Waals surface area (Å²) in [6.07, 6.45) is 0. The highest BCUT2D eigenvalue weighted by molar-refractivity contribution is 6.28. The van der Waals surface area contributed by atoms with Crippen LogP contribution in [0.25, 0.3) is 10.8 Å². The van der Waals surface area contributed by atoms with Gasteiger partial charge in [-0.1, -0.05) is 18.2 Å². The topological polar surface area (TPSA) is 34.4 Å². The number of benzene rings is 2. The van der Waals surface area contributed by atoms with Crippen LogP contribution in [0.3, 0.4) is 0 Å². The summed E-state index contributed by atoms with van der Waals surface area (Å²) in [5.74, 6) is 1.66. The first-order chi connectivity index (χ1) is 10.2. The molecule has 2 aromatic carbocycles. The van der Waals surface area contributed by atoms with Crippen molar-refractivity contribution in [3.8, 4) is 5.75 Å². The highest BCUT2D eigenvalue weighted by Gasteiger charge is 2.16. The molecule has 0 spiro atoms. The summed E-state index contributed by atoms with van der Waals surface area (Å²) in [4.78, 5) is 0. The van der Waals surface area contributed by atoms with Gasteiger partial charge in [0.2, 0.25) is 0 Å². The standard InChI is InChI=1S/C17H16ClNO2/c1-19-17(15-7-8-16(18)21-15)13-4-3-12-10-14(20-2)6-5-11(12)9-13/h3-10,17,19H,1-2H3. The molecule has 3 aromatic rings. The van der Waals surface area contributed by atoms with E-state index in [-0.39, 0.29) is 6.04 Å². The molecule has 4 heteroatoms. The van der Waals surface area contributed by atoms with E-state index < -0.39 is 0 Å². The highest BCUT2D eigenvalue weighted by Crippen LogP contribution is 2.29. The zero-order chi connectivity index (χ0) is 14.8. The van der Waals surface area contributed by atoms with Crippen LogP contribution in [-0.2, 0) is 0 Å². The van der Waals surface area contributed by atoms with Gasteiger partial charge in [-0.05, 0) is 65.3 Å². The van der Waals surface area contributed by atoms with Crippen LogP contribution in [0.2, 0.25) is 5.22 Å². The minimum atomic E-state index is -0.0241. The number of halogens is 1. The smallest absolute Gasteiger partial charge is 0.193 e. The molecule has 21 heavy (non-hydrogen) atoms. The maximum Gasteiger partial charge on any atom is 0.193 e. The second-order valence-corrected chi connectivity index (χ2v) is 5.21. The number of hydrogen-bond acceptors (Lipinski definition) is 3. The molecule has 1 aromatic heterocycles. The Balaban J connectivity index is 2.03. The van der Waals surface area contributed by atoms with E-state index in [9.17, 15) is 0 Å².